The zero-order valence-corrected chi connectivity index (χ0v) is 64.0. The van der Waals surface area contributed by atoms with E-state index in [9.17, 15) is 43.2 Å². The Morgan fingerprint density at radius 3 is 0.745 bits per heavy atom. The summed E-state index contributed by atoms with van der Waals surface area (Å²) in [7, 11) is -9.95. The molecule has 0 heterocycles. The van der Waals surface area contributed by atoms with Gasteiger partial charge < -0.3 is 33.8 Å². The molecule has 570 valence electrons. The van der Waals surface area contributed by atoms with Crippen molar-refractivity contribution in [3.63, 3.8) is 0 Å². The fraction of sp³-hybridized carbons (Fsp3) is 0.797. The normalized spacial score (nSPS) is 14.3. The number of esters is 4. The Morgan fingerprint density at radius 2 is 0.490 bits per heavy atom. The van der Waals surface area contributed by atoms with Crippen LogP contribution in [0.1, 0.15) is 349 Å². The predicted molar refractivity (Wildman–Crippen MR) is 400 cm³/mol. The second-order valence-corrected chi connectivity index (χ2v) is 29.3. The maximum Gasteiger partial charge on any atom is 0.472 e. The minimum absolute atomic E-state index is 0.0760. The number of hydrogen-bond acceptors (Lipinski definition) is 15. The summed E-state index contributed by atoms with van der Waals surface area (Å²) >= 11 is 0. The third-order valence-electron chi connectivity index (χ3n) is 16.7. The SMILES string of the molecule is CCCCCC/C=C\C=C/CCCCCCCC(=O)OC[C@H](COP(=O)(O)OC[C@@H](O)COP(=O)(O)OC[C@@H](COC(=O)CCCCCCCCCCCCCCC)OC(=O)CCCCCCC/C=C\C=C/CCCCCC)OC(=O)CCCCCCC/C=C\C=C/CCCCCC. The third kappa shape index (κ3) is 70.9. The summed E-state index contributed by atoms with van der Waals surface area (Å²) in [4.78, 5) is 72.9. The number of aliphatic hydroxyl groups excluding tert-OH is 1. The Labute approximate surface area is 596 Å². The number of carbonyl (C=O) groups excluding carboxylic acids is 4. The number of phosphoric ester groups is 2. The number of allylic oxidation sites excluding steroid dienone is 12. The molecule has 0 aromatic carbocycles. The Balaban J connectivity index is 5.37. The number of carbonyl (C=O) groups is 4. The number of ether oxygens (including phenoxy) is 4. The monoisotopic (exact) mass is 1420 g/mol. The highest BCUT2D eigenvalue weighted by molar-refractivity contribution is 7.47. The largest absolute Gasteiger partial charge is 0.472 e. The number of aliphatic hydroxyl groups is 1. The van der Waals surface area contributed by atoms with E-state index in [2.05, 4.69) is 101 Å². The summed E-state index contributed by atoms with van der Waals surface area (Å²) in [6.07, 6.45) is 71.6. The van der Waals surface area contributed by atoms with Crippen molar-refractivity contribution in [1.29, 1.82) is 0 Å². The summed E-state index contributed by atoms with van der Waals surface area (Å²) < 4.78 is 68.5. The van der Waals surface area contributed by atoms with Gasteiger partial charge in [-0.15, -0.1) is 0 Å². The van der Waals surface area contributed by atoms with Crippen molar-refractivity contribution in [3.05, 3.63) is 72.9 Å². The van der Waals surface area contributed by atoms with Gasteiger partial charge in [0.2, 0.25) is 0 Å². The number of rotatable bonds is 74. The smallest absolute Gasteiger partial charge is 0.462 e. The minimum Gasteiger partial charge on any atom is -0.462 e. The second-order valence-electron chi connectivity index (χ2n) is 26.4. The van der Waals surface area contributed by atoms with E-state index >= 15 is 0 Å². The van der Waals surface area contributed by atoms with Crippen LogP contribution in [-0.2, 0) is 65.4 Å². The summed E-state index contributed by atoms with van der Waals surface area (Å²) in [5, 5.41) is 10.6. The molecule has 0 spiro atoms. The summed E-state index contributed by atoms with van der Waals surface area (Å²) in [5.41, 5.74) is 0. The third-order valence-corrected chi connectivity index (χ3v) is 18.6. The lowest BCUT2D eigenvalue weighted by Gasteiger charge is -2.21. The van der Waals surface area contributed by atoms with Gasteiger partial charge in [0.25, 0.3) is 0 Å². The number of hydrogen-bond donors (Lipinski definition) is 3. The van der Waals surface area contributed by atoms with Crippen molar-refractivity contribution in [2.24, 2.45) is 0 Å². The molecular formula is C79H142O17P2. The quantitative estimate of drug-likeness (QED) is 0.0169. The topological polar surface area (TPSA) is 237 Å². The molecule has 0 radical (unpaired) electrons. The van der Waals surface area contributed by atoms with Gasteiger partial charge in [-0.2, -0.15) is 0 Å². The molecule has 0 aromatic heterocycles. The first-order valence-corrected chi connectivity index (χ1v) is 42.2. The average Bonchev–Trinajstić information content (AvgIpc) is 1.04. The Hall–Kier alpha value is -3.50. The van der Waals surface area contributed by atoms with Crippen LogP contribution >= 0.6 is 15.6 Å². The average molecular weight is 1430 g/mol. The van der Waals surface area contributed by atoms with Gasteiger partial charge in [0, 0.05) is 25.7 Å². The molecule has 0 aliphatic rings. The van der Waals surface area contributed by atoms with Crippen molar-refractivity contribution in [3.8, 4) is 0 Å². The van der Waals surface area contributed by atoms with Gasteiger partial charge >= 0.3 is 39.5 Å². The lowest BCUT2D eigenvalue weighted by Crippen LogP contribution is -2.30. The van der Waals surface area contributed by atoms with Gasteiger partial charge in [-0.25, -0.2) is 9.13 Å². The zero-order valence-electron chi connectivity index (χ0n) is 62.2. The molecule has 98 heavy (non-hydrogen) atoms. The predicted octanol–water partition coefficient (Wildman–Crippen LogP) is 22.4. The van der Waals surface area contributed by atoms with Gasteiger partial charge in [0.05, 0.1) is 26.4 Å². The maximum absolute atomic E-state index is 13.1. The number of phosphoric acid groups is 2. The van der Waals surface area contributed by atoms with Crippen molar-refractivity contribution in [2.45, 2.75) is 367 Å². The highest BCUT2D eigenvalue weighted by Gasteiger charge is 2.30. The molecule has 0 aliphatic carbocycles. The standard InChI is InChI=1S/C79H142O17P2/c1-5-9-13-17-21-25-29-33-36-40-44-48-52-56-60-64-77(82)90-70-75(96-79(84)66-62-58-54-50-46-42-38-35-31-27-23-19-15-11-7-3)72-94-98(87,88)92-68-73(80)67-91-97(85,86)93-71-74(69-89-76(81)63-59-55-51-47-43-39-32-28-24-20-16-12-8-4)95-78(83)65-61-57-53-49-45-41-37-34-30-26-22-18-14-10-6-2/h25-27,29-31,33-38,73-75,80H,5-24,28,32,39-72H2,1-4H3,(H,85,86)(H,87,88)/b29-25-,30-26-,31-27-,36-33-,37-34-,38-35-/t73-,74+,75+/m0/s1. The first-order chi connectivity index (χ1) is 47.7. The fourth-order valence-corrected chi connectivity index (χ4v) is 12.2. The molecule has 2 unspecified atom stereocenters. The van der Waals surface area contributed by atoms with E-state index in [1.807, 2.05) is 0 Å². The van der Waals surface area contributed by atoms with Gasteiger partial charge in [-0.05, 0) is 103 Å². The van der Waals surface area contributed by atoms with Crippen LogP contribution in [0.4, 0.5) is 0 Å². The van der Waals surface area contributed by atoms with Crippen molar-refractivity contribution in [1.82, 2.24) is 0 Å². The molecule has 5 atom stereocenters. The van der Waals surface area contributed by atoms with Crippen molar-refractivity contribution in [2.75, 3.05) is 39.6 Å². The molecule has 0 amide bonds. The minimum atomic E-state index is -4.98. The molecular weight excluding hydrogens is 1280 g/mol. The molecule has 17 nitrogen and oxygen atoms in total. The maximum atomic E-state index is 13.1. The molecule has 3 N–H and O–H groups in total. The fourth-order valence-electron chi connectivity index (χ4n) is 10.7. The lowest BCUT2D eigenvalue weighted by atomic mass is 10.0. The molecule has 0 saturated heterocycles. The molecule has 0 aromatic rings. The molecule has 0 fully saturated rings. The van der Waals surface area contributed by atoms with Gasteiger partial charge in [-0.1, -0.05) is 293 Å². The van der Waals surface area contributed by atoms with Crippen LogP contribution in [0.25, 0.3) is 0 Å². The van der Waals surface area contributed by atoms with Crippen molar-refractivity contribution >= 4 is 39.5 Å². The molecule has 0 saturated carbocycles. The van der Waals surface area contributed by atoms with Crippen molar-refractivity contribution < 1.29 is 80.2 Å². The zero-order chi connectivity index (χ0) is 71.8. The Kier molecular flexibility index (Phi) is 69.3. The van der Waals surface area contributed by atoms with E-state index in [4.69, 9.17) is 37.0 Å². The van der Waals surface area contributed by atoms with E-state index in [1.165, 1.54) is 135 Å². The Morgan fingerprint density at radius 1 is 0.286 bits per heavy atom. The van der Waals surface area contributed by atoms with Crippen LogP contribution < -0.4 is 0 Å². The van der Waals surface area contributed by atoms with Gasteiger partial charge in [-0.3, -0.25) is 37.3 Å². The van der Waals surface area contributed by atoms with Gasteiger partial charge in [0.1, 0.15) is 19.3 Å². The van der Waals surface area contributed by atoms with E-state index < -0.39 is 97.5 Å². The van der Waals surface area contributed by atoms with Crippen LogP contribution in [0.5, 0.6) is 0 Å². The highest BCUT2D eigenvalue weighted by Crippen LogP contribution is 2.45. The highest BCUT2D eigenvalue weighted by atomic mass is 31.2. The molecule has 19 heteroatoms. The summed E-state index contributed by atoms with van der Waals surface area (Å²) in [6.45, 7) is 4.81. The molecule has 0 bridgehead atoms. The van der Waals surface area contributed by atoms with E-state index in [0.29, 0.717) is 25.7 Å². The molecule has 0 aliphatic heterocycles. The van der Waals surface area contributed by atoms with Crippen LogP contribution in [0.2, 0.25) is 0 Å². The van der Waals surface area contributed by atoms with Gasteiger partial charge in [0.15, 0.2) is 12.2 Å². The Bertz CT molecular complexity index is 2140. The summed E-state index contributed by atoms with van der Waals surface area (Å²) in [5.74, 6) is -2.20. The first kappa shape index (κ1) is 94.5. The summed E-state index contributed by atoms with van der Waals surface area (Å²) in [6, 6.07) is 0. The van der Waals surface area contributed by atoms with Crippen LogP contribution in [0, 0.1) is 0 Å². The van der Waals surface area contributed by atoms with E-state index in [1.54, 1.807) is 0 Å². The molecule has 0 rings (SSSR count). The van der Waals surface area contributed by atoms with E-state index in [-0.39, 0.29) is 25.7 Å². The first-order valence-electron chi connectivity index (χ1n) is 39.2. The van der Waals surface area contributed by atoms with Crippen LogP contribution in [0.3, 0.4) is 0 Å². The van der Waals surface area contributed by atoms with E-state index in [0.717, 1.165) is 135 Å². The van der Waals surface area contributed by atoms with Crippen LogP contribution in [0.15, 0.2) is 72.9 Å². The number of unbranched alkanes of at least 4 members (excludes halogenated alkanes) is 39. The second kappa shape index (κ2) is 71.9. The van der Waals surface area contributed by atoms with Crippen LogP contribution in [-0.4, -0.2) is 96.7 Å². The lowest BCUT2D eigenvalue weighted by molar-refractivity contribution is -0.161.